The second kappa shape index (κ2) is 6.94. The molecule has 1 aromatic heterocycles. The van der Waals surface area contributed by atoms with Crippen molar-refractivity contribution in [1.29, 1.82) is 0 Å². The Balaban J connectivity index is 1.48. The number of aromatic nitrogens is 2. The lowest BCUT2D eigenvalue weighted by Gasteiger charge is -2.24. The van der Waals surface area contributed by atoms with Gasteiger partial charge in [0, 0.05) is 18.8 Å². The van der Waals surface area contributed by atoms with E-state index in [0.29, 0.717) is 18.2 Å². The lowest BCUT2D eigenvalue weighted by molar-refractivity contribution is -0.149. The summed E-state index contributed by atoms with van der Waals surface area (Å²) in [5.74, 6) is 1.11. The third-order valence-corrected chi connectivity index (χ3v) is 4.12. The minimum absolute atomic E-state index is 0.0219. The number of fused-ring (bicyclic) bond motifs is 1. The highest BCUT2D eigenvalue weighted by Gasteiger charge is 2.22. The average molecular weight is 314 g/mol. The van der Waals surface area contributed by atoms with Gasteiger partial charge in [-0.25, -0.2) is 0 Å². The minimum atomic E-state index is -0.196. The third-order valence-electron chi connectivity index (χ3n) is 4.12. The van der Waals surface area contributed by atoms with Crippen LogP contribution in [0.3, 0.4) is 0 Å². The van der Waals surface area contributed by atoms with Crippen LogP contribution in [0.2, 0.25) is 0 Å². The maximum absolute atomic E-state index is 12.0. The van der Waals surface area contributed by atoms with E-state index in [2.05, 4.69) is 28.4 Å². The number of hydrogen-bond acceptors (Lipinski definition) is 5. The smallest absolute Gasteiger partial charge is 0.306 e. The Bertz CT molecular complexity index is 678. The molecule has 5 heteroatoms. The molecule has 0 N–H and O–H groups in total. The summed E-state index contributed by atoms with van der Waals surface area (Å²) in [5.41, 5.74) is 2.65. The number of benzene rings is 1. The first-order chi connectivity index (χ1) is 11.1. The fraction of sp³-hybridized carbons (Fsp3) is 0.500. The van der Waals surface area contributed by atoms with Gasteiger partial charge in [0.25, 0.3) is 0 Å². The van der Waals surface area contributed by atoms with E-state index in [0.717, 1.165) is 19.3 Å². The van der Waals surface area contributed by atoms with Crippen molar-refractivity contribution in [1.82, 2.24) is 10.2 Å². The normalized spacial score (nSPS) is 17.1. The molecule has 5 nitrogen and oxygen atoms in total. The quantitative estimate of drug-likeness (QED) is 0.793. The van der Waals surface area contributed by atoms with Gasteiger partial charge in [-0.2, -0.15) is 0 Å². The Kier molecular flexibility index (Phi) is 4.74. The van der Waals surface area contributed by atoms with Gasteiger partial charge in [0.1, 0.15) is 6.10 Å². The van der Waals surface area contributed by atoms with Crippen LogP contribution < -0.4 is 0 Å². The number of nitrogens with zero attached hydrogens (tertiary/aromatic N) is 2. The molecule has 1 atom stereocenters. The van der Waals surface area contributed by atoms with E-state index in [1.807, 2.05) is 19.9 Å². The van der Waals surface area contributed by atoms with Crippen LogP contribution in [0, 0.1) is 0 Å². The fourth-order valence-electron chi connectivity index (χ4n) is 2.82. The summed E-state index contributed by atoms with van der Waals surface area (Å²) in [6.45, 7) is 3.99. The molecule has 0 aliphatic heterocycles. The van der Waals surface area contributed by atoms with E-state index in [9.17, 15) is 4.79 Å². The van der Waals surface area contributed by atoms with Gasteiger partial charge in [-0.05, 0) is 24.0 Å². The molecule has 0 amide bonds. The monoisotopic (exact) mass is 314 g/mol. The topological polar surface area (TPSA) is 65.2 Å². The van der Waals surface area contributed by atoms with Crippen molar-refractivity contribution in [3.05, 3.63) is 47.2 Å². The maximum atomic E-state index is 12.0. The molecule has 0 saturated carbocycles. The Hall–Kier alpha value is -2.17. The maximum Gasteiger partial charge on any atom is 0.306 e. The molecule has 1 aliphatic carbocycles. The fourth-order valence-corrected chi connectivity index (χ4v) is 2.82. The number of esters is 1. The van der Waals surface area contributed by atoms with Crippen LogP contribution in [0.15, 0.2) is 28.7 Å². The van der Waals surface area contributed by atoms with Gasteiger partial charge in [0.15, 0.2) is 0 Å². The van der Waals surface area contributed by atoms with Crippen LogP contribution in [0.5, 0.6) is 0 Å². The van der Waals surface area contributed by atoms with Gasteiger partial charge in [0.05, 0.1) is 6.42 Å². The summed E-state index contributed by atoms with van der Waals surface area (Å²) in [5, 5.41) is 7.93. The molecule has 0 unspecified atom stereocenters. The zero-order valence-electron chi connectivity index (χ0n) is 13.6. The number of ether oxygens (including phenoxy) is 1. The van der Waals surface area contributed by atoms with Crippen LogP contribution in [0.4, 0.5) is 0 Å². The lowest BCUT2D eigenvalue weighted by Crippen LogP contribution is -2.25. The van der Waals surface area contributed by atoms with E-state index in [4.69, 9.17) is 9.15 Å². The van der Waals surface area contributed by atoms with Crippen molar-refractivity contribution in [3.8, 4) is 0 Å². The Morgan fingerprint density at radius 3 is 2.83 bits per heavy atom. The Morgan fingerprint density at radius 1 is 1.30 bits per heavy atom. The van der Waals surface area contributed by atoms with Gasteiger partial charge >= 0.3 is 5.97 Å². The van der Waals surface area contributed by atoms with E-state index < -0.39 is 0 Å². The summed E-state index contributed by atoms with van der Waals surface area (Å²) in [6, 6.07) is 8.35. The number of rotatable bonds is 5. The molecule has 0 spiro atoms. The van der Waals surface area contributed by atoms with E-state index in [-0.39, 0.29) is 24.4 Å². The molecule has 1 heterocycles. The first kappa shape index (κ1) is 15.7. The summed E-state index contributed by atoms with van der Waals surface area (Å²) >= 11 is 0. The summed E-state index contributed by atoms with van der Waals surface area (Å²) in [4.78, 5) is 12.0. The molecular weight excluding hydrogens is 292 g/mol. The van der Waals surface area contributed by atoms with Crippen molar-refractivity contribution in [2.45, 2.75) is 58.0 Å². The number of carbonyl (C=O) groups is 1. The molecule has 1 aliphatic rings. The summed E-state index contributed by atoms with van der Waals surface area (Å²) in [6.07, 6.45) is 3.35. The van der Waals surface area contributed by atoms with Gasteiger partial charge in [0.2, 0.25) is 11.8 Å². The standard InChI is InChI=1S/C18H22N2O3/c1-12(2)18-20-19-16(23-18)9-10-17(21)22-15-8-7-13-5-3-4-6-14(13)11-15/h3-6,12,15H,7-11H2,1-2H3/t15-/m0/s1. The molecule has 122 valence electrons. The highest BCUT2D eigenvalue weighted by atomic mass is 16.5. The second-order valence-electron chi connectivity index (χ2n) is 6.31. The number of carbonyl (C=O) groups excluding carboxylic acids is 1. The largest absolute Gasteiger partial charge is 0.462 e. The van der Waals surface area contributed by atoms with E-state index >= 15 is 0 Å². The molecule has 0 saturated heterocycles. The van der Waals surface area contributed by atoms with Crippen LogP contribution in [0.25, 0.3) is 0 Å². The molecular formula is C18H22N2O3. The summed E-state index contributed by atoms with van der Waals surface area (Å²) < 4.78 is 11.1. The predicted molar refractivity (Wildman–Crippen MR) is 85.1 cm³/mol. The van der Waals surface area contributed by atoms with Crippen LogP contribution >= 0.6 is 0 Å². The average Bonchev–Trinajstić information content (AvgIpc) is 3.02. The number of aryl methyl sites for hydroxylation is 2. The Labute approximate surface area is 136 Å². The van der Waals surface area contributed by atoms with Crippen LogP contribution in [0.1, 0.15) is 55.5 Å². The molecule has 1 aromatic carbocycles. The van der Waals surface area contributed by atoms with Crippen LogP contribution in [-0.4, -0.2) is 22.3 Å². The van der Waals surface area contributed by atoms with Crippen molar-refractivity contribution < 1.29 is 13.9 Å². The predicted octanol–water partition coefficient (Wildman–Crippen LogP) is 3.23. The van der Waals surface area contributed by atoms with Gasteiger partial charge in [-0.1, -0.05) is 38.1 Å². The lowest BCUT2D eigenvalue weighted by atomic mass is 9.90. The zero-order valence-corrected chi connectivity index (χ0v) is 13.6. The van der Waals surface area contributed by atoms with E-state index in [1.165, 1.54) is 11.1 Å². The molecule has 0 radical (unpaired) electrons. The van der Waals surface area contributed by atoms with Crippen molar-refractivity contribution in [3.63, 3.8) is 0 Å². The third kappa shape index (κ3) is 3.97. The van der Waals surface area contributed by atoms with Crippen molar-refractivity contribution >= 4 is 5.97 Å². The first-order valence-electron chi connectivity index (χ1n) is 8.20. The SMILES string of the molecule is CC(C)c1nnc(CCC(=O)O[C@H]2CCc3ccccc3C2)o1. The Morgan fingerprint density at radius 2 is 2.09 bits per heavy atom. The van der Waals surface area contributed by atoms with Crippen molar-refractivity contribution in [2.24, 2.45) is 0 Å². The zero-order chi connectivity index (χ0) is 16.2. The molecule has 3 rings (SSSR count). The number of hydrogen-bond donors (Lipinski definition) is 0. The van der Waals surface area contributed by atoms with Crippen molar-refractivity contribution in [2.75, 3.05) is 0 Å². The van der Waals surface area contributed by atoms with Gasteiger partial charge in [-0.3, -0.25) is 4.79 Å². The van der Waals surface area contributed by atoms with Crippen LogP contribution in [-0.2, 0) is 28.8 Å². The van der Waals surface area contributed by atoms with Gasteiger partial charge in [-0.15, -0.1) is 10.2 Å². The summed E-state index contributed by atoms with van der Waals surface area (Å²) in [7, 11) is 0. The molecule has 0 fully saturated rings. The first-order valence-corrected chi connectivity index (χ1v) is 8.20. The van der Waals surface area contributed by atoms with E-state index in [1.54, 1.807) is 0 Å². The molecule has 0 bridgehead atoms. The molecule has 2 aromatic rings. The molecule has 23 heavy (non-hydrogen) atoms. The highest BCUT2D eigenvalue weighted by Crippen LogP contribution is 2.23. The highest BCUT2D eigenvalue weighted by molar-refractivity contribution is 5.69. The second-order valence-corrected chi connectivity index (χ2v) is 6.31. The van der Waals surface area contributed by atoms with Gasteiger partial charge < -0.3 is 9.15 Å². The minimum Gasteiger partial charge on any atom is -0.462 e.